The first kappa shape index (κ1) is 16.6. The second kappa shape index (κ2) is 5.83. The summed E-state index contributed by atoms with van der Waals surface area (Å²) in [7, 11) is 3.31. The van der Waals surface area contributed by atoms with Crippen molar-refractivity contribution in [2.75, 3.05) is 14.1 Å². The fourth-order valence-electron chi connectivity index (χ4n) is 4.41. The highest BCUT2D eigenvalue weighted by atomic mass is 79.9. The molecule has 1 aromatic heterocycles. The summed E-state index contributed by atoms with van der Waals surface area (Å²) in [6, 6.07) is 2.71. The molecule has 25 heavy (non-hydrogen) atoms. The van der Waals surface area contributed by atoms with Crippen molar-refractivity contribution in [2.45, 2.75) is 18.9 Å². The second-order valence-corrected chi connectivity index (χ2v) is 7.98. The lowest BCUT2D eigenvalue weighted by Crippen LogP contribution is -2.39. The number of allylic oxidation sites excluding steroid dienone is 2. The standard InChI is InChI=1S/C18H19BrN2O4/c1-20(2)14(22)8-11(12-5-6-13(19)25-12)21-17(23)15-9-3-4-10(7-9)16(15)18(21)24/h3-6,9-11,15-16H,7-8H2,1-2H3. The Balaban J connectivity index is 1.69. The van der Waals surface area contributed by atoms with E-state index >= 15 is 0 Å². The number of imide groups is 1. The number of nitrogens with zero attached hydrogens (tertiary/aromatic N) is 2. The predicted octanol–water partition coefficient (Wildman–Crippen LogP) is 2.37. The van der Waals surface area contributed by atoms with E-state index in [1.54, 1.807) is 26.2 Å². The largest absolute Gasteiger partial charge is 0.452 e. The monoisotopic (exact) mass is 406 g/mol. The van der Waals surface area contributed by atoms with Crippen molar-refractivity contribution in [2.24, 2.45) is 23.7 Å². The topological polar surface area (TPSA) is 70.8 Å². The van der Waals surface area contributed by atoms with Crippen LogP contribution in [-0.4, -0.2) is 41.6 Å². The molecule has 0 aromatic carbocycles. The number of carbonyl (C=O) groups is 3. The summed E-state index contributed by atoms with van der Waals surface area (Å²) in [5.41, 5.74) is 0. The van der Waals surface area contributed by atoms with Crippen molar-refractivity contribution in [3.63, 3.8) is 0 Å². The lowest BCUT2D eigenvalue weighted by Gasteiger charge is -2.27. The fourth-order valence-corrected chi connectivity index (χ4v) is 4.73. The van der Waals surface area contributed by atoms with Crippen molar-refractivity contribution in [3.05, 3.63) is 34.7 Å². The van der Waals surface area contributed by atoms with Crippen molar-refractivity contribution in [1.82, 2.24) is 9.80 Å². The van der Waals surface area contributed by atoms with Crippen LogP contribution in [0, 0.1) is 23.7 Å². The van der Waals surface area contributed by atoms with E-state index in [1.165, 1.54) is 9.80 Å². The lowest BCUT2D eigenvalue weighted by molar-refractivity contribution is -0.145. The van der Waals surface area contributed by atoms with Gasteiger partial charge in [0.05, 0.1) is 18.3 Å². The van der Waals surface area contributed by atoms with Crippen LogP contribution in [0.2, 0.25) is 0 Å². The maximum atomic E-state index is 13.1. The van der Waals surface area contributed by atoms with Gasteiger partial charge in [-0.2, -0.15) is 0 Å². The molecule has 2 fully saturated rings. The van der Waals surface area contributed by atoms with Crippen LogP contribution in [0.3, 0.4) is 0 Å². The maximum absolute atomic E-state index is 13.1. The molecule has 3 amide bonds. The summed E-state index contributed by atoms with van der Waals surface area (Å²) < 4.78 is 6.12. The first-order valence-corrected chi connectivity index (χ1v) is 9.18. The zero-order valence-electron chi connectivity index (χ0n) is 14.0. The Morgan fingerprint density at radius 3 is 2.32 bits per heavy atom. The number of rotatable bonds is 4. The van der Waals surface area contributed by atoms with Gasteiger partial charge in [0.25, 0.3) is 0 Å². The molecule has 0 radical (unpaired) electrons. The fraction of sp³-hybridized carbons (Fsp3) is 0.500. The molecular weight excluding hydrogens is 388 g/mol. The minimum absolute atomic E-state index is 0.0205. The first-order chi connectivity index (χ1) is 11.9. The summed E-state index contributed by atoms with van der Waals surface area (Å²) in [4.78, 5) is 41.2. The number of hydrogen-bond donors (Lipinski definition) is 0. The zero-order valence-corrected chi connectivity index (χ0v) is 15.6. The molecule has 2 bridgehead atoms. The number of amides is 3. The van der Waals surface area contributed by atoms with Gasteiger partial charge in [-0.25, -0.2) is 0 Å². The van der Waals surface area contributed by atoms with Crippen LogP contribution in [0.25, 0.3) is 0 Å². The summed E-state index contributed by atoms with van der Waals surface area (Å²) in [5.74, 6) is -0.321. The van der Waals surface area contributed by atoms with E-state index in [4.69, 9.17) is 4.42 Å². The average molecular weight is 407 g/mol. The van der Waals surface area contributed by atoms with E-state index in [0.29, 0.717) is 10.4 Å². The number of likely N-dealkylation sites (tertiary alicyclic amines) is 1. The van der Waals surface area contributed by atoms with Gasteiger partial charge in [-0.3, -0.25) is 19.3 Å². The predicted molar refractivity (Wildman–Crippen MR) is 92.0 cm³/mol. The van der Waals surface area contributed by atoms with Crippen molar-refractivity contribution in [1.29, 1.82) is 0 Å². The molecular formula is C18H19BrN2O4. The van der Waals surface area contributed by atoms with E-state index in [2.05, 4.69) is 28.1 Å². The molecule has 1 saturated heterocycles. The molecule has 5 atom stereocenters. The summed E-state index contributed by atoms with van der Waals surface area (Å²) in [6.45, 7) is 0. The molecule has 1 aliphatic heterocycles. The van der Waals surface area contributed by atoms with E-state index in [1.807, 2.05) is 0 Å². The molecule has 1 saturated carbocycles. The van der Waals surface area contributed by atoms with E-state index in [9.17, 15) is 14.4 Å². The molecule has 6 nitrogen and oxygen atoms in total. The number of hydrogen-bond acceptors (Lipinski definition) is 4. The van der Waals surface area contributed by atoms with Gasteiger partial charge in [0.15, 0.2) is 4.67 Å². The van der Waals surface area contributed by atoms with Gasteiger partial charge < -0.3 is 9.32 Å². The smallest absolute Gasteiger partial charge is 0.234 e. The Morgan fingerprint density at radius 2 is 1.84 bits per heavy atom. The molecule has 0 spiro atoms. The Morgan fingerprint density at radius 1 is 1.24 bits per heavy atom. The van der Waals surface area contributed by atoms with Crippen LogP contribution < -0.4 is 0 Å². The quantitative estimate of drug-likeness (QED) is 0.568. The third-order valence-corrected chi connectivity index (χ3v) is 6.03. The lowest BCUT2D eigenvalue weighted by atomic mass is 9.85. The molecule has 132 valence electrons. The van der Waals surface area contributed by atoms with Crippen LogP contribution in [0.1, 0.15) is 24.6 Å². The highest BCUT2D eigenvalue weighted by Gasteiger charge is 2.60. The van der Waals surface area contributed by atoms with Gasteiger partial charge >= 0.3 is 0 Å². The Bertz CT molecular complexity index is 754. The average Bonchev–Trinajstić information content (AvgIpc) is 3.31. The first-order valence-electron chi connectivity index (χ1n) is 8.39. The maximum Gasteiger partial charge on any atom is 0.234 e. The molecule has 0 N–H and O–H groups in total. The molecule has 5 unspecified atom stereocenters. The highest BCUT2D eigenvalue weighted by Crippen LogP contribution is 2.54. The minimum Gasteiger partial charge on any atom is -0.452 e. The number of furan rings is 1. The Labute approximate surface area is 153 Å². The molecule has 3 aliphatic rings. The molecule has 2 aliphatic carbocycles. The molecule has 7 heteroatoms. The van der Waals surface area contributed by atoms with E-state index < -0.39 is 6.04 Å². The van der Waals surface area contributed by atoms with Crippen molar-refractivity contribution >= 4 is 33.7 Å². The van der Waals surface area contributed by atoms with Crippen LogP contribution in [0.15, 0.2) is 33.4 Å². The Kier molecular flexibility index (Phi) is 3.86. The van der Waals surface area contributed by atoms with Crippen LogP contribution in [-0.2, 0) is 14.4 Å². The summed E-state index contributed by atoms with van der Waals surface area (Å²) >= 11 is 3.25. The van der Waals surface area contributed by atoms with Gasteiger partial charge in [0.2, 0.25) is 17.7 Å². The second-order valence-electron chi connectivity index (χ2n) is 7.20. The molecule has 1 aromatic rings. The molecule has 2 heterocycles. The normalized spacial score (nSPS) is 30.9. The number of carbonyl (C=O) groups excluding carboxylic acids is 3. The van der Waals surface area contributed by atoms with Crippen LogP contribution in [0.5, 0.6) is 0 Å². The third kappa shape index (κ3) is 2.47. The molecule has 4 rings (SSSR count). The SMILES string of the molecule is CN(C)C(=O)CC(c1ccc(Br)o1)N1C(=O)C2C3C=CC(C3)C2C1=O. The van der Waals surface area contributed by atoms with Gasteiger partial charge in [0.1, 0.15) is 11.8 Å². The van der Waals surface area contributed by atoms with Gasteiger partial charge in [0, 0.05) is 14.1 Å². The minimum atomic E-state index is -0.703. The summed E-state index contributed by atoms with van der Waals surface area (Å²) in [5, 5.41) is 0. The highest BCUT2D eigenvalue weighted by molar-refractivity contribution is 9.10. The number of halogens is 1. The van der Waals surface area contributed by atoms with Crippen LogP contribution >= 0.6 is 15.9 Å². The van der Waals surface area contributed by atoms with Gasteiger partial charge in [-0.05, 0) is 46.3 Å². The zero-order chi connectivity index (χ0) is 17.9. The third-order valence-electron chi connectivity index (χ3n) is 5.61. The summed E-state index contributed by atoms with van der Waals surface area (Å²) in [6.07, 6.45) is 5.02. The van der Waals surface area contributed by atoms with Crippen molar-refractivity contribution < 1.29 is 18.8 Å². The van der Waals surface area contributed by atoms with E-state index in [-0.39, 0.29) is 47.8 Å². The Hall–Kier alpha value is -1.89. The van der Waals surface area contributed by atoms with Crippen molar-refractivity contribution in [3.8, 4) is 0 Å². The van der Waals surface area contributed by atoms with Crippen LogP contribution in [0.4, 0.5) is 0 Å². The van der Waals surface area contributed by atoms with E-state index in [0.717, 1.165) is 6.42 Å². The number of fused-ring (bicyclic) bond motifs is 5. The van der Waals surface area contributed by atoms with Gasteiger partial charge in [-0.1, -0.05) is 12.2 Å². The van der Waals surface area contributed by atoms with Gasteiger partial charge in [-0.15, -0.1) is 0 Å².